The maximum Gasteiger partial charge on any atom is 0.272 e. The van der Waals surface area contributed by atoms with Gasteiger partial charge in [0, 0.05) is 27.8 Å². The number of methoxy groups -OCH3 is 2. The Bertz CT molecular complexity index is 788. The summed E-state index contributed by atoms with van der Waals surface area (Å²) in [5, 5.41) is 6.56. The Morgan fingerprint density at radius 2 is 2.23 bits per heavy atom. The highest BCUT2D eigenvalue weighted by atomic mass is 32.1. The number of thiophene rings is 1. The second-order valence-electron chi connectivity index (χ2n) is 7.18. The van der Waals surface area contributed by atoms with Crippen molar-refractivity contribution in [2.75, 3.05) is 20.8 Å². The molecule has 1 saturated carbocycles. The van der Waals surface area contributed by atoms with Crippen LogP contribution < -0.4 is 0 Å². The minimum absolute atomic E-state index is 0.0310. The number of likely N-dealkylation sites (tertiary alicyclic amines) is 1. The van der Waals surface area contributed by atoms with E-state index in [1.165, 1.54) is 0 Å². The van der Waals surface area contributed by atoms with E-state index in [9.17, 15) is 4.79 Å². The van der Waals surface area contributed by atoms with E-state index in [1.54, 1.807) is 30.2 Å². The molecular weight excluding hydrogens is 350 g/mol. The Morgan fingerprint density at radius 3 is 2.92 bits per heavy atom. The third-order valence-electron chi connectivity index (χ3n) is 6.01. The third-order valence-corrected chi connectivity index (χ3v) is 6.90. The zero-order valence-corrected chi connectivity index (χ0v) is 16.3. The SMILES string of the molecule is CO[C@@H]1CC[C@@]2(OC)CCN(C(=O)c3cc(-c4cccs4)nn3C)[C@H]2C1. The van der Waals surface area contributed by atoms with E-state index < -0.39 is 0 Å². The van der Waals surface area contributed by atoms with Crippen molar-refractivity contribution in [3.63, 3.8) is 0 Å². The minimum Gasteiger partial charge on any atom is -0.381 e. The van der Waals surface area contributed by atoms with E-state index in [0.29, 0.717) is 12.2 Å². The van der Waals surface area contributed by atoms with E-state index in [4.69, 9.17) is 9.47 Å². The van der Waals surface area contributed by atoms with Gasteiger partial charge in [-0.15, -0.1) is 11.3 Å². The smallest absolute Gasteiger partial charge is 0.272 e. The van der Waals surface area contributed by atoms with Crippen LogP contribution >= 0.6 is 11.3 Å². The molecule has 1 aliphatic heterocycles. The summed E-state index contributed by atoms with van der Waals surface area (Å²) in [7, 11) is 5.36. The van der Waals surface area contributed by atoms with Crippen LogP contribution in [-0.4, -0.2) is 59.1 Å². The molecule has 2 aromatic rings. The number of hydrogen-bond donors (Lipinski definition) is 0. The van der Waals surface area contributed by atoms with Crippen LogP contribution in [0.3, 0.4) is 0 Å². The molecule has 0 unspecified atom stereocenters. The predicted molar refractivity (Wildman–Crippen MR) is 100 cm³/mol. The van der Waals surface area contributed by atoms with Crippen LogP contribution in [0.2, 0.25) is 0 Å². The molecule has 2 aliphatic rings. The zero-order chi connectivity index (χ0) is 18.3. The van der Waals surface area contributed by atoms with Gasteiger partial charge < -0.3 is 14.4 Å². The summed E-state index contributed by atoms with van der Waals surface area (Å²) in [6.45, 7) is 0.716. The molecule has 2 aromatic heterocycles. The minimum atomic E-state index is -0.236. The van der Waals surface area contributed by atoms with Gasteiger partial charge in [0.05, 0.1) is 22.6 Å². The van der Waals surface area contributed by atoms with E-state index in [2.05, 4.69) is 5.10 Å². The number of ether oxygens (including phenoxy) is 2. The van der Waals surface area contributed by atoms with Crippen molar-refractivity contribution in [1.29, 1.82) is 0 Å². The summed E-state index contributed by atoms with van der Waals surface area (Å²) in [4.78, 5) is 16.4. The highest BCUT2D eigenvalue weighted by Gasteiger charge is 2.53. The Labute approximate surface area is 157 Å². The van der Waals surface area contributed by atoms with Crippen LogP contribution in [-0.2, 0) is 16.5 Å². The summed E-state index contributed by atoms with van der Waals surface area (Å²) < 4.78 is 13.2. The van der Waals surface area contributed by atoms with E-state index in [0.717, 1.165) is 36.3 Å². The molecule has 6 nitrogen and oxygen atoms in total. The lowest BCUT2D eigenvalue weighted by Crippen LogP contribution is -2.53. The second-order valence-corrected chi connectivity index (χ2v) is 8.13. The molecule has 0 radical (unpaired) electrons. The lowest BCUT2D eigenvalue weighted by Gasteiger charge is -2.43. The van der Waals surface area contributed by atoms with E-state index >= 15 is 0 Å². The molecule has 3 atom stereocenters. The molecule has 2 fully saturated rings. The summed E-state index contributed by atoms with van der Waals surface area (Å²) >= 11 is 1.63. The monoisotopic (exact) mass is 375 g/mol. The summed E-state index contributed by atoms with van der Waals surface area (Å²) in [5.41, 5.74) is 1.24. The Kier molecular flexibility index (Phi) is 4.62. The molecule has 1 aliphatic carbocycles. The van der Waals surface area contributed by atoms with Crippen molar-refractivity contribution in [2.45, 2.75) is 43.4 Å². The number of amides is 1. The lowest BCUT2D eigenvalue weighted by atomic mass is 9.79. The van der Waals surface area contributed by atoms with Crippen LogP contribution in [0.4, 0.5) is 0 Å². The molecule has 140 valence electrons. The molecule has 1 saturated heterocycles. The number of aryl methyl sites for hydroxylation is 1. The summed E-state index contributed by atoms with van der Waals surface area (Å²) in [5.74, 6) is 0.0310. The van der Waals surface area contributed by atoms with Crippen LogP contribution in [0.5, 0.6) is 0 Å². The first-order valence-corrected chi connectivity index (χ1v) is 9.93. The van der Waals surface area contributed by atoms with Crippen LogP contribution in [0.15, 0.2) is 23.6 Å². The van der Waals surface area contributed by atoms with Crippen molar-refractivity contribution in [1.82, 2.24) is 14.7 Å². The second kappa shape index (κ2) is 6.79. The zero-order valence-electron chi connectivity index (χ0n) is 15.5. The van der Waals surface area contributed by atoms with Crippen molar-refractivity contribution >= 4 is 17.2 Å². The molecule has 26 heavy (non-hydrogen) atoms. The first-order valence-electron chi connectivity index (χ1n) is 9.05. The number of fused-ring (bicyclic) bond motifs is 1. The van der Waals surface area contributed by atoms with Gasteiger partial charge in [-0.1, -0.05) is 6.07 Å². The first-order chi connectivity index (χ1) is 12.6. The standard InChI is InChI=1S/C19H25N3O3S/c1-21-15(12-14(20-21)16-5-4-10-26-16)18(23)22-9-8-19(25-3)7-6-13(24-2)11-17(19)22/h4-5,10,12-13,17H,6-9,11H2,1-3H3/t13-,17+,19-/m1/s1. The van der Waals surface area contributed by atoms with Gasteiger partial charge in [-0.05, 0) is 43.2 Å². The van der Waals surface area contributed by atoms with Gasteiger partial charge in [0.2, 0.25) is 0 Å². The number of aromatic nitrogens is 2. The van der Waals surface area contributed by atoms with Gasteiger partial charge in [0.1, 0.15) is 11.4 Å². The third kappa shape index (κ3) is 2.78. The van der Waals surface area contributed by atoms with Gasteiger partial charge in [0.15, 0.2) is 0 Å². The molecular formula is C19H25N3O3S. The quantitative estimate of drug-likeness (QED) is 0.824. The fourth-order valence-corrected chi connectivity index (χ4v) is 5.16. The molecule has 7 heteroatoms. The summed E-state index contributed by atoms with van der Waals surface area (Å²) in [6, 6.07) is 5.98. The molecule has 0 N–H and O–H groups in total. The van der Waals surface area contributed by atoms with Crippen LogP contribution in [0.25, 0.3) is 10.6 Å². The average Bonchev–Trinajstić information content (AvgIpc) is 3.38. The average molecular weight is 375 g/mol. The van der Waals surface area contributed by atoms with Crippen molar-refractivity contribution in [3.05, 3.63) is 29.3 Å². The van der Waals surface area contributed by atoms with Gasteiger partial charge >= 0.3 is 0 Å². The van der Waals surface area contributed by atoms with Crippen molar-refractivity contribution in [3.8, 4) is 10.6 Å². The maximum absolute atomic E-state index is 13.3. The lowest BCUT2D eigenvalue weighted by molar-refractivity contribution is -0.0894. The van der Waals surface area contributed by atoms with Gasteiger partial charge in [-0.25, -0.2) is 0 Å². The summed E-state index contributed by atoms with van der Waals surface area (Å²) in [6.07, 6.45) is 3.81. The normalized spacial score (nSPS) is 28.3. The highest BCUT2D eigenvalue weighted by molar-refractivity contribution is 7.13. The van der Waals surface area contributed by atoms with Gasteiger partial charge in [-0.2, -0.15) is 5.10 Å². The van der Waals surface area contributed by atoms with E-state index in [-0.39, 0.29) is 23.7 Å². The van der Waals surface area contributed by atoms with Crippen LogP contribution in [0.1, 0.15) is 36.2 Å². The van der Waals surface area contributed by atoms with Gasteiger partial charge in [0.25, 0.3) is 5.91 Å². The van der Waals surface area contributed by atoms with E-state index in [1.807, 2.05) is 35.5 Å². The fraction of sp³-hybridized carbons (Fsp3) is 0.579. The Hall–Kier alpha value is -1.70. The Balaban J connectivity index is 1.62. The maximum atomic E-state index is 13.3. The van der Waals surface area contributed by atoms with Crippen LogP contribution in [0, 0.1) is 0 Å². The number of rotatable bonds is 4. The Morgan fingerprint density at radius 1 is 1.38 bits per heavy atom. The topological polar surface area (TPSA) is 56.6 Å². The molecule has 4 rings (SSSR count). The molecule has 0 aromatic carbocycles. The van der Waals surface area contributed by atoms with Crippen molar-refractivity contribution in [2.24, 2.45) is 7.05 Å². The number of hydrogen-bond acceptors (Lipinski definition) is 5. The molecule has 0 bridgehead atoms. The number of nitrogens with zero attached hydrogens (tertiary/aromatic N) is 3. The van der Waals surface area contributed by atoms with Crippen molar-refractivity contribution < 1.29 is 14.3 Å². The predicted octanol–water partition coefficient (Wildman–Crippen LogP) is 2.95. The number of carbonyl (C=O) groups excluding carboxylic acids is 1. The fourth-order valence-electron chi connectivity index (χ4n) is 4.48. The van der Waals surface area contributed by atoms with Gasteiger partial charge in [-0.3, -0.25) is 9.48 Å². The molecule has 3 heterocycles. The highest BCUT2D eigenvalue weighted by Crippen LogP contribution is 2.43. The first kappa shape index (κ1) is 17.7. The molecule has 0 spiro atoms. The largest absolute Gasteiger partial charge is 0.381 e. The molecule has 1 amide bonds. The number of carbonyl (C=O) groups is 1.